The molecule has 2 N–H and O–H groups in total. The van der Waals surface area contributed by atoms with Crippen LogP contribution in [0, 0.1) is 0 Å². The summed E-state index contributed by atoms with van der Waals surface area (Å²) in [4.78, 5) is 17.5. The van der Waals surface area contributed by atoms with Crippen molar-refractivity contribution in [3.63, 3.8) is 0 Å². The number of nitrogen functional groups attached to an aromatic ring is 1. The van der Waals surface area contributed by atoms with Crippen molar-refractivity contribution in [3.8, 4) is 0 Å². The highest BCUT2D eigenvalue weighted by atomic mass is 16.5. The second-order valence-corrected chi connectivity index (χ2v) is 3.69. The molecule has 0 aliphatic rings. The Morgan fingerprint density at radius 1 is 1.62 bits per heavy atom. The molecule has 0 saturated heterocycles. The van der Waals surface area contributed by atoms with Crippen LogP contribution in [0.15, 0.2) is 18.3 Å². The van der Waals surface area contributed by atoms with Gasteiger partial charge >= 0.3 is 0 Å². The minimum Gasteiger partial charge on any atom is -0.384 e. The third-order valence-electron chi connectivity index (χ3n) is 2.42. The van der Waals surface area contributed by atoms with E-state index in [1.807, 2.05) is 6.92 Å². The molecule has 1 amide bonds. The molecule has 1 aromatic heterocycles. The lowest BCUT2D eigenvalue weighted by molar-refractivity contribution is 0.0633. The van der Waals surface area contributed by atoms with Gasteiger partial charge < -0.3 is 15.4 Å². The largest absolute Gasteiger partial charge is 0.384 e. The lowest BCUT2D eigenvalue weighted by Gasteiger charge is -2.24. The zero-order valence-corrected chi connectivity index (χ0v) is 9.80. The van der Waals surface area contributed by atoms with Crippen molar-refractivity contribution >= 4 is 11.7 Å². The quantitative estimate of drug-likeness (QED) is 0.818. The van der Waals surface area contributed by atoms with Crippen molar-refractivity contribution in [3.05, 3.63) is 23.9 Å². The second-order valence-electron chi connectivity index (χ2n) is 3.69. The van der Waals surface area contributed by atoms with Crippen LogP contribution in [-0.2, 0) is 4.74 Å². The Hall–Kier alpha value is -1.62. The number of methoxy groups -OCH3 is 1. The first kappa shape index (κ1) is 12.4. The highest BCUT2D eigenvalue weighted by molar-refractivity contribution is 5.94. The Kier molecular flexibility index (Phi) is 4.25. The normalized spacial score (nSPS) is 12.2. The first-order valence-corrected chi connectivity index (χ1v) is 5.04. The van der Waals surface area contributed by atoms with E-state index in [1.54, 1.807) is 31.2 Å². The number of nitrogens with zero attached hydrogens (tertiary/aromatic N) is 2. The van der Waals surface area contributed by atoms with E-state index < -0.39 is 0 Å². The van der Waals surface area contributed by atoms with Gasteiger partial charge in [-0.15, -0.1) is 0 Å². The van der Waals surface area contributed by atoms with Gasteiger partial charge in [0.25, 0.3) is 5.91 Å². The molecule has 0 bridgehead atoms. The summed E-state index contributed by atoms with van der Waals surface area (Å²) < 4.78 is 5.00. The van der Waals surface area contributed by atoms with E-state index in [2.05, 4.69) is 4.98 Å². The van der Waals surface area contributed by atoms with Gasteiger partial charge in [-0.05, 0) is 19.1 Å². The van der Waals surface area contributed by atoms with Crippen molar-refractivity contribution < 1.29 is 9.53 Å². The van der Waals surface area contributed by atoms with Gasteiger partial charge in [0.2, 0.25) is 0 Å². The summed E-state index contributed by atoms with van der Waals surface area (Å²) in [5.74, 6) is 0.321. The summed E-state index contributed by atoms with van der Waals surface area (Å²) in [5, 5.41) is 0. The first-order chi connectivity index (χ1) is 7.56. The summed E-state index contributed by atoms with van der Waals surface area (Å²) in [5.41, 5.74) is 5.98. The van der Waals surface area contributed by atoms with Crippen LogP contribution in [0.2, 0.25) is 0 Å². The molecular weight excluding hydrogens is 206 g/mol. The molecule has 1 heterocycles. The van der Waals surface area contributed by atoms with E-state index in [9.17, 15) is 4.79 Å². The standard InChI is InChI=1S/C11H17N3O2/c1-8(7-16-3)14(2)11(15)9-4-5-10(12)13-6-9/h4-6,8H,7H2,1-3H3,(H2,12,13). The number of carbonyl (C=O) groups is 1. The lowest BCUT2D eigenvalue weighted by Crippen LogP contribution is -2.37. The molecule has 0 spiro atoms. The topological polar surface area (TPSA) is 68.5 Å². The summed E-state index contributed by atoms with van der Waals surface area (Å²) >= 11 is 0. The van der Waals surface area contributed by atoms with Gasteiger partial charge in [-0.25, -0.2) is 4.98 Å². The third kappa shape index (κ3) is 2.93. The number of aromatic nitrogens is 1. The Bertz CT molecular complexity index is 351. The molecule has 5 nitrogen and oxygen atoms in total. The van der Waals surface area contributed by atoms with Crippen molar-refractivity contribution in [2.45, 2.75) is 13.0 Å². The monoisotopic (exact) mass is 223 g/mol. The first-order valence-electron chi connectivity index (χ1n) is 5.04. The average Bonchev–Trinajstić information content (AvgIpc) is 2.28. The van der Waals surface area contributed by atoms with Crippen LogP contribution in [0.5, 0.6) is 0 Å². The van der Waals surface area contributed by atoms with E-state index >= 15 is 0 Å². The maximum absolute atomic E-state index is 12.0. The smallest absolute Gasteiger partial charge is 0.255 e. The predicted molar refractivity (Wildman–Crippen MR) is 62.1 cm³/mol. The molecule has 0 saturated carbocycles. The average molecular weight is 223 g/mol. The number of rotatable bonds is 4. The van der Waals surface area contributed by atoms with E-state index in [4.69, 9.17) is 10.5 Å². The summed E-state index contributed by atoms with van der Waals surface area (Å²) in [7, 11) is 3.35. The van der Waals surface area contributed by atoms with Gasteiger partial charge in [-0.2, -0.15) is 0 Å². The van der Waals surface area contributed by atoms with E-state index in [0.29, 0.717) is 18.0 Å². The number of carbonyl (C=O) groups excluding carboxylic acids is 1. The molecule has 0 aliphatic heterocycles. The zero-order chi connectivity index (χ0) is 12.1. The Morgan fingerprint density at radius 3 is 2.81 bits per heavy atom. The number of ether oxygens (including phenoxy) is 1. The van der Waals surface area contributed by atoms with Crippen molar-refractivity contribution in [1.29, 1.82) is 0 Å². The van der Waals surface area contributed by atoms with Crippen LogP contribution >= 0.6 is 0 Å². The van der Waals surface area contributed by atoms with Crippen LogP contribution in [0.1, 0.15) is 17.3 Å². The van der Waals surface area contributed by atoms with Gasteiger partial charge in [0, 0.05) is 20.4 Å². The van der Waals surface area contributed by atoms with E-state index in [-0.39, 0.29) is 11.9 Å². The van der Waals surface area contributed by atoms with Gasteiger partial charge in [0.15, 0.2) is 0 Å². The number of nitrogens with two attached hydrogens (primary N) is 1. The molecule has 16 heavy (non-hydrogen) atoms. The molecule has 0 aliphatic carbocycles. The number of hydrogen-bond donors (Lipinski definition) is 1. The molecule has 0 radical (unpaired) electrons. The number of amides is 1. The molecule has 88 valence electrons. The fourth-order valence-electron chi connectivity index (χ4n) is 1.29. The van der Waals surface area contributed by atoms with E-state index in [1.165, 1.54) is 6.20 Å². The van der Waals surface area contributed by atoms with Crippen LogP contribution in [0.25, 0.3) is 0 Å². The highest BCUT2D eigenvalue weighted by Gasteiger charge is 2.17. The van der Waals surface area contributed by atoms with Crippen LogP contribution < -0.4 is 5.73 Å². The third-order valence-corrected chi connectivity index (χ3v) is 2.42. The van der Waals surface area contributed by atoms with Crippen molar-refractivity contribution in [2.75, 3.05) is 26.5 Å². The number of likely N-dealkylation sites (N-methyl/N-ethyl adjacent to an activating group) is 1. The maximum Gasteiger partial charge on any atom is 0.255 e. The molecule has 1 atom stereocenters. The Morgan fingerprint density at radius 2 is 2.31 bits per heavy atom. The fourth-order valence-corrected chi connectivity index (χ4v) is 1.29. The Balaban J connectivity index is 2.73. The fraction of sp³-hybridized carbons (Fsp3) is 0.455. The minimum atomic E-state index is -0.0861. The van der Waals surface area contributed by atoms with Crippen LogP contribution in [0.3, 0.4) is 0 Å². The lowest BCUT2D eigenvalue weighted by atomic mass is 10.2. The van der Waals surface area contributed by atoms with Gasteiger partial charge in [0.05, 0.1) is 18.2 Å². The molecular formula is C11H17N3O2. The number of hydrogen-bond acceptors (Lipinski definition) is 4. The van der Waals surface area contributed by atoms with Gasteiger partial charge in [0.1, 0.15) is 5.82 Å². The molecule has 1 unspecified atom stereocenters. The Labute approximate surface area is 95.2 Å². The van der Waals surface area contributed by atoms with Gasteiger partial charge in [-0.1, -0.05) is 0 Å². The SMILES string of the molecule is COCC(C)N(C)C(=O)c1ccc(N)nc1. The van der Waals surface area contributed by atoms with Crippen molar-refractivity contribution in [1.82, 2.24) is 9.88 Å². The summed E-state index contributed by atoms with van der Waals surface area (Å²) in [6.45, 7) is 2.43. The maximum atomic E-state index is 12.0. The molecule has 1 aromatic rings. The van der Waals surface area contributed by atoms with Crippen LogP contribution in [-0.4, -0.2) is 42.6 Å². The molecule has 5 heteroatoms. The number of pyridine rings is 1. The van der Waals surface area contributed by atoms with Gasteiger partial charge in [-0.3, -0.25) is 4.79 Å². The zero-order valence-electron chi connectivity index (χ0n) is 9.80. The molecule has 1 rings (SSSR count). The summed E-state index contributed by atoms with van der Waals surface area (Å²) in [6.07, 6.45) is 1.48. The molecule has 0 fully saturated rings. The number of anilines is 1. The summed E-state index contributed by atoms with van der Waals surface area (Å²) in [6, 6.07) is 3.30. The predicted octanol–water partition coefficient (Wildman–Crippen LogP) is 0.771. The van der Waals surface area contributed by atoms with Crippen molar-refractivity contribution in [2.24, 2.45) is 0 Å². The van der Waals surface area contributed by atoms with Crippen LogP contribution in [0.4, 0.5) is 5.82 Å². The highest BCUT2D eigenvalue weighted by Crippen LogP contribution is 2.07. The minimum absolute atomic E-state index is 0.0232. The van der Waals surface area contributed by atoms with E-state index in [0.717, 1.165) is 0 Å². The molecule has 0 aromatic carbocycles. The second kappa shape index (κ2) is 5.46.